The zero-order valence-electron chi connectivity index (χ0n) is 17.5. The first-order valence-corrected chi connectivity index (χ1v) is 10.1. The Labute approximate surface area is 199 Å². The highest BCUT2D eigenvalue weighted by Crippen LogP contribution is 2.20. The second-order valence-electron chi connectivity index (χ2n) is 7.24. The molecule has 0 amide bonds. The second-order valence-corrected chi connectivity index (χ2v) is 7.24. The van der Waals surface area contributed by atoms with E-state index in [4.69, 9.17) is 0 Å². The monoisotopic (exact) mass is 535 g/mol. The molecule has 1 aromatic heterocycles. The molecule has 7 nitrogen and oxygen atoms in total. The molecule has 2 aromatic carbocycles. The molecule has 3 aromatic rings. The number of anilines is 1. The van der Waals surface area contributed by atoms with Crippen LogP contribution in [0.15, 0.2) is 66.2 Å². The normalized spacial score (nSPS) is 14.3. The quantitative estimate of drug-likeness (QED) is 0.310. The lowest BCUT2D eigenvalue weighted by molar-refractivity contribution is 0.370. The maximum Gasteiger partial charge on any atom is 0.194 e. The summed E-state index contributed by atoms with van der Waals surface area (Å²) in [4.78, 5) is 12.7. The Hall–Kier alpha value is -2.69. The average Bonchev–Trinajstić information content (AvgIpc) is 3.28. The van der Waals surface area contributed by atoms with Crippen molar-refractivity contribution in [3.05, 3.63) is 78.1 Å². The van der Waals surface area contributed by atoms with Gasteiger partial charge >= 0.3 is 0 Å². The van der Waals surface area contributed by atoms with E-state index < -0.39 is 0 Å². The molecule has 0 bridgehead atoms. The molecular weight excluding hydrogens is 508 g/mol. The molecule has 0 unspecified atom stereocenters. The van der Waals surface area contributed by atoms with Gasteiger partial charge in [-0.1, -0.05) is 36.4 Å². The second kappa shape index (κ2) is 11.1. The standard InChI is InChI=1S/C22H26FN7.HI/c1-24-22(29-11-9-28(10-12-29)21-8-3-2-7-20(21)23)26-14-18-5-4-6-19(13-18)15-30-17-25-16-27-30;/h2-8,13,16-17H,9-12,14-15H2,1H3,(H,24,26);1H. The summed E-state index contributed by atoms with van der Waals surface area (Å²) in [6.07, 6.45) is 3.26. The van der Waals surface area contributed by atoms with Gasteiger partial charge in [-0.2, -0.15) is 5.10 Å². The number of nitrogens with zero attached hydrogens (tertiary/aromatic N) is 6. The molecule has 0 aliphatic carbocycles. The van der Waals surface area contributed by atoms with Crippen LogP contribution in [-0.4, -0.2) is 58.9 Å². The molecule has 4 rings (SSSR count). The summed E-state index contributed by atoms with van der Waals surface area (Å²) in [6, 6.07) is 15.4. The lowest BCUT2D eigenvalue weighted by Crippen LogP contribution is -2.52. The molecule has 1 fully saturated rings. The van der Waals surface area contributed by atoms with E-state index in [1.807, 2.05) is 12.1 Å². The molecule has 164 valence electrons. The fourth-order valence-electron chi connectivity index (χ4n) is 3.72. The highest BCUT2D eigenvalue weighted by Gasteiger charge is 2.21. The van der Waals surface area contributed by atoms with Crippen molar-refractivity contribution in [1.29, 1.82) is 0 Å². The first-order chi connectivity index (χ1) is 14.7. The molecule has 1 N–H and O–H groups in total. The molecule has 1 saturated heterocycles. The molecular formula is C22H27FIN7. The van der Waals surface area contributed by atoms with Crippen LogP contribution in [0.1, 0.15) is 11.1 Å². The molecule has 0 atom stereocenters. The van der Waals surface area contributed by atoms with E-state index in [-0.39, 0.29) is 29.8 Å². The molecule has 0 spiro atoms. The summed E-state index contributed by atoms with van der Waals surface area (Å²) in [6.45, 7) is 4.48. The first kappa shape index (κ1) is 23.0. The Balaban J connectivity index is 0.00000272. The van der Waals surface area contributed by atoms with Gasteiger partial charge in [0.05, 0.1) is 12.2 Å². The minimum atomic E-state index is -0.167. The minimum Gasteiger partial charge on any atom is -0.366 e. The first-order valence-electron chi connectivity index (χ1n) is 10.1. The molecule has 1 aliphatic heterocycles. The van der Waals surface area contributed by atoms with Crippen LogP contribution in [0.25, 0.3) is 0 Å². The number of hydrogen-bond donors (Lipinski definition) is 1. The van der Waals surface area contributed by atoms with Crippen LogP contribution in [0.5, 0.6) is 0 Å². The molecule has 0 saturated carbocycles. The van der Waals surface area contributed by atoms with Crippen molar-refractivity contribution >= 4 is 35.6 Å². The Morgan fingerprint density at radius 3 is 2.55 bits per heavy atom. The average molecular weight is 535 g/mol. The number of aromatic nitrogens is 3. The number of rotatable bonds is 5. The largest absolute Gasteiger partial charge is 0.366 e. The van der Waals surface area contributed by atoms with Crippen LogP contribution in [0, 0.1) is 5.82 Å². The fraction of sp³-hybridized carbons (Fsp3) is 0.318. The van der Waals surface area contributed by atoms with Gasteiger partial charge in [0.2, 0.25) is 0 Å². The number of aliphatic imine (C=N–C) groups is 1. The summed E-state index contributed by atoms with van der Waals surface area (Å²) in [5.74, 6) is 0.698. The van der Waals surface area contributed by atoms with Crippen LogP contribution in [0.3, 0.4) is 0 Å². The van der Waals surface area contributed by atoms with E-state index in [2.05, 4.69) is 54.5 Å². The Kier molecular flexibility index (Phi) is 8.21. The van der Waals surface area contributed by atoms with E-state index in [0.717, 1.165) is 32.1 Å². The maximum atomic E-state index is 14.1. The summed E-state index contributed by atoms with van der Waals surface area (Å²) in [5.41, 5.74) is 3.02. The number of guanidine groups is 1. The van der Waals surface area contributed by atoms with Gasteiger partial charge in [0, 0.05) is 39.8 Å². The van der Waals surface area contributed by atoms with Crippen LogP contribution >= 0.6 is 24.0 Å². The van der Waals surface area contributed by atoms with E-state index in [1.165, 1.54) is 17.2 Å². The van der Waals surface area contributed by atoms with Crippen LogP contribution in [0.4, 0.5) is 10.1 Å². The highest BCUT2D eigenvalue weighted by molar-refractivity contribution is 14.0. The third-order valence-electron chi connectivity index (χ3n) is 5.24. The highest BCUT2D eigenvalue weighted by atomic mass is 127. The van der Waals surface area contributed by atoms with Crippen molar-refractivity contribution < 1.29 is 4.39 Å². The smallest absolute Gasteiger partial charge is 0.194 e. The number of nitrogens with one attached hydrogen (secondary N) is 1. The van der Waals surface area contributed by atoms with E-state index in [1.54, 1.807) is 30.5 Å². The predicted octanol–water partition coefficient (Wildman–Crippen LogP) is 2.98. The molecule has 31 heavy (non-hydrogen) atoms. The summed E-state index contributed by atoms with van der Waals surface area (Å²) in [5, 5.41) is 7.62. The van der Waals surface area contributed by atoms with Gasteiger partial charge < -0.3 is 15.1 Å². The van der Waals surface area contributed by atoms with Gasteiger partial charge in [-0.25, -0.2) is 14.1 Å². The van der Waals surface area contributed by atoms with Crippen LogP contribution in [0.2, 0.25) is 0 Å². The van der Waals surface area contributed by atoms with E-state index in [9.17, 15) is 4.39 Å². The molecule has 0 radical (unpaired) electrons. The van der Waals surface area contributed by atoms with Gasteiger partial charge in [-0.05, 0) is 23.3 Å². The number of piperazine rings is 1. The van der Waals surface area contributed by atoms with Gasteiger partial charge in [0.1, 0.15) is 18.5 Å². The van der Waals surface area contributed by atoms with Crippen molar-refractivity contribution in [2.24, 2.45) is 4.99 Å². The van der Waals surface area contributed by atoms with E-state index >= 15 is 0 Å². The third-order valence-corrected chi connectivity index (χ3v) is 5.24. The number of para-hydroxylation sites is 1. The van der Waals surface area contributed by atoms with Gasteiger partial charge in [0.15, 0.2) is 5.96 Å². The fourth-order valence-corrected chi connectivity index (χ4v) is 3.72. The summed E-state index contributed by atoms with van der Waals surface area (Å²) in [7, 11) is 1.80. The van der Waals surface area contributed by atoms with Crippen molar-refractivity contribution in [3.8, 4) is 0 Å². The maximum absolute atomic E-state index is 14.1. The third kappa shape index (κ3) is 5.93. The minimum absolute atomic E-state index is 0. The SMILES string of the molecule is CN=C(NCc1cccc(Cn2cncn2)c1)N1CCN(c2ccccc2F)CC1.I. The molecule has 1 aliphatic rings. The Morgan fingerprint density at radius 2 is 1.84 bits per heavy atom. The van der Waals surface area contributed by atoms with Gasteiger partial charge in [-0.15, -0.1) is 24.0 Å². The molecule has 9 heteroatoms. The van der Waals surface area contributed by atoms with Gasteiger partial charge in [-0.3, -0.25) is 4.99 Å². The lowest BCUT2D eigenvalue weighted by atomic mass is 10.1. The summed E-state index contributed by atoms with van der Waals surface area (Å²) < 4.78 is 15.9. The number of halogens is 2. The topological polar surface area (TPSA) is 61.6 Å². The van der Waals surface area contributed by atoms with Crippen molar-refractivity contribution in [3.63, 3.8) is 0 Å². The Bertz CT molecular complexity index is 985. The summed E-state index contributed by atoms with van der Waals surface area (Å²) >= 11 is 0. The van der Waals surface area contributed by atoms with Crippen LogP contribution < -0.4 is 10.2 Å². The number of benzene rings is 2. The molecule has 2 heterocycles. The van der Waals surface area contributed by atoms with Gasteiger partial charge in [0.25, 0.3) is 0 Å². The Morgan fingerprint density at radius 1 is 1.06 bits per heavy atom. The van der Waals surface area contributed by atoms with Crippen molar-refractivity contribution in [1.82, 2.24) is 25.0 Å². The lowest BCUT2D eigenvalue weighted by Gasteiger charge is -2.37. The van der Waals surface area contributed by atoms with E-state index in [0.29, 0.717) is 18.8 Å². The van der Waals surface area contributed by atoms with Crippen molar-refractivity contribution in [2.45, 2.75) is 13.1 Å². The van der Waals surface area contributed by atoms with Crippen molar-refractivity contribution in [2.75, 3.05) is 38.1 Å². The predicted molar refractivity (Wildman–Crippen MR) is 131 cm³/mol. The number of hydrogen-bond acceptors (Lipinski definition) is 4. The zero-order valence-corrected chi connectivity index (χ0v) is 19.8. The zero-order chi connectivity index (χ0) is 20.8. The van der Waals surface area contributed by atoms with Crippen LogP contribution in [-0.2, 0) is 13.1 Å².